The zero-order chi connectivity index (χ0) is 19.2. The summed E-state index contributed by atoms with van der Waals surface area (Å²) in [6.45, 7) is 1.81. The molecule has 1 fully saturated rings. The molecule has 1 heterocycles. The molecular weight excluding hydrogens is 344 g/mol. The van der Waals surface area contributed by atoms with Crippen molar-refractivity contribution in [3.63, 3.8) is 0 Å². The maximum absolute atomic E-state index is 12.4. The van der Waals surface area contributed by atoms with Crippen molar-refractivity contribution in [2.75, 3.05) is 20.8 Å². The molecule has 6 nitrogen and oxygen atoms in total. The van der Waals surface area contributed by atoms with Gasteiger partial charge in [-0.3, -0.25) is 9.59 Å². The van der Waals surface area contributed by atoms with Crippen LogP contribution in [0.15, 0.2) is 42.5 Å². The number of nitrogens with zero attached hydrogens (tertiary/aromatic N) is 1. The summed E-state index contributed by atoms with van der Waals surface area (Å²) >= 11 is 0. The fourth-order valence-corrected chi connectivity index (χ4v) is 3.13. The van der Waals surface area contributed by atoms with Crippen molar-refractivity contribution >= 4 is 11.8 Å². The number of rotatable bonds is 7. The lowest BCUT2D eigenvalue weighted by atomic mass is 10.1. The van der Waals surface area contributed by atoms with E-state index in [2.05, 4.69) is 5.32 Å². The summed E-state index contributed by atoms with van der Waals surface area (Å²) in [7, 11) is 3.17. The van der Waals surface area contributed by atoms with Crippen LogP contribution in [-0.2, 0) is 17.9 Å². The molecule has 1 N–H and O–H groups in total. The van der Waals surface area contributed by atoms with Crippen LogP contribution in [0.2, 0.25) is 0 Å². The van der Waals surface area contributed by atoms with Gasteiger partial charge in [0, 0.05) is 31.6 Å². The molecule has 0 aromatic heterocycles. The van der Waals surface area contributed by atoms with Gasteiger partial charge in [-0.25, -0.2) is 0 Å². The van der Waals surface area contributed by atoms with E-state index in [1.807, 2.05) is 35.2 Å². The van der Waals surface area contributed by atoms with Gasteiger partial charge in [-0.15, -0.1) is 0 Å². The molecule has 6 heteroatoms. The number of ether oxygens (including phenoxy) is 2. The molecule has 0 aliphatic carbocycles. The Morgan fingerprint density at radius 1 is 1.04 bits per heavy atom. The van der Waals surface area contributed by atoms with E-state index >= 15 is 0 Å². The number of amides is 2. The van der Waals surface area contributed by atoms with E-state index in [-0.39, 0.29) is 11.8 Å². The summed E-state index contributed by atoms with van der Waals surface area (Å²) in [5.74, 6) is 1.34. The third-order valence-corrected chi connectivity index (χ3v) is 4.66. The van der Waals surface area contributed by atoms with Gasteiger partial charge in [0.25, 0.3) is 5.91 Å². The van der Waals surface area contributed by atoms with Crippen molar-refractivity contribution in [1.82, 2.24) is 10.2 Å². The van der Waals surface area contributed by atoms with Crippen LogP contribution in [0.5, 0.6) is 11.5 Å². The van der Waals surface area contributed by atoms with E-state index in [1.165, 1.54) is 0 Å². The van der Waals surface area contributed by atoms with Crippen LogP contribution in [0.3, 0.4) is 0 Å². The molecule has 1 aliphatic heterocycles. The predicted molar refractivity (Wildman–Crippen MR) is 102 cm³/mol. The van der Waals surface area contributed by atoms with Crippen molar-refractivity contribution in [3.05, 3.63) is 59.2 Å². The molecule has 1 saturated heterocycles. The molecule has 3 rings (SSSR count). The first-order valence-corrected chi connectivity index (χ1v) is 8.96. The van der Waals surface area contributed by atoms with Crippen LogP contribution < -0.4 is 14.8 Å². The van der Waals surface area contributed by atoms with Crippen LogP contribution in [0.1, 0.15) is 34.3 Å². The highest BCUT2D eigenvalue weighted by atomic mass is 16.5. The lowest BCUT2D eigenvalue weighted by molar-refractivity contribution is -0.128. The topological polar surface area (TPSA) is 67.9 Å². The van der Waals surface area contributed by atoms with Gasteiger partial charge in [0.1, 0.15) is 0 Å². The van der Waals surface area contributed by atoms with Crippen molar-refractivity contribution in [2.45, 2.75) is 25.9 Å². The Morgan fingerprint density at radius 3 is 2.37 bits per heavy atom. The monoisotopic (exact) mass is 368 g/mol. The molecule has 2 aromatic rings. The van der Waals surface area contributed by atoms with Crippen LogP contribution in [0.4, 0.5) is 0 Å². The predicted octanol–water partition coefficient (Wildman–Crippen LogP) is 2.76. The van der Waals surface area contributed by atoms with Crippen LogP contribution >= 0.6 is 0 Å². The Bertz CT molecular complexity index is 817. The Kier molecular flexibility index (Phi) is 5.96. The number of nitrogens with one attached hydrogen (secondary N) is 1. The van der Waals surface area contributed by atoms with Gasteiger partial charge in [-0.1, -0.05) is 18.2 Å². The SMILES string of the molecule is COc1ccc(CNC(=O)c2ccc(CN3CCCC3=O)cc2)cc1OC. The Morgan fingerprint density at radius 2 is 1.74 bits per heavy atom. The molecule has 27 heavy (non-hydrogen) atoms. The molecule has 0 atom stereocenters. The lowest BCUT2D eigenvalue weighted by Gasteiger charge is -2.15. The second-order valence-corrected chi connectivity index (χ2v) is 6.49. The fourth-order valence-electron chi connectivity index (χ4n) is 3.13. The molecule has 0 saturated carbocycles. The van der Waals surface area contributed by atoms with Gasteiger partial charge in [0.05, 0.1) is 14.2 Å². The first kappa shape index (κ1) is 18.8. The number of hydrogen-bond acceptors (Lipinski definition) is 4. The quantitative estimate of drug-likeness (QED) is 0.816. The maximum Gasteiger partial charge on any atom is 0.251 e. The van der Waals surface area contributed by atoms with E-state index in [0.29, 0.717) is 36.6 Å². The average molecular weight is 368 g/mol. The maximum atomic E-state index is 12.4. The highest BCUT2D eigenvalue weighted by molar-refractivity contribution is 5.94. The second-order valence-electron chi connectivity index (χ2n) is 6.49. The van der Waals surface area contributed by atoms with E-state index in [1.54, 1.807) is 26.4 Å². The zero-order valence-corrected chi connectivity index (χ0v) is 15.7. The summed E-state index contributed by atoms with van der Waals surface area (Å²) in [6.07, 6.45) is 1.56. The second kappa shape index (κ2) is 8.58. The Labute approximate surface area is 159 Å². The Hall–Kier alpha value is -3.02. The van der Waals surface area contributed by atoms with Gasteiger partial charge in [-0.2, -0.15) is 0 Å². The molecule has 0 radical (unpaired) electrons. The van der Waals surface area contributed by atoms with Gasteiger partial charge in [0.15, 0.2) is 11.5 Å². The molecule has 2 amide bonds. The fraction of sp³-hybridized carbons (Fsp3) is 0.333. The van der Waals surface area contributed by atoms with Gasteiger partial charge < -0.3 is 19.7 Å². The minimum Gasteiger partial charge on any atom is -0.493 e. The molecule has 0 bridgehead atoms. The third kappa shape index (κ3) is 4.58. The average Bonchev–Trinajstić information content (AvgIpc) is 3.10. The van der Waals surface area contributed by atoms with E-state index in [9.17, 15) is 9.59 Å². The third-order valence-electron chi connectivity index (χ3n) is 4.66. The minimum absolute atomic E-state index is 0.145. The summed E-state index contributed by atoms with van der Waals surface area (Å²) < 4.78 is 10.5. The Balaban J connectivity index is 1.57. The number of likely N-dealkylation sites (tertiary alicyclic amines) is 1. The summed E-state index contributed by atoms with van der Waals surface area (Å²) in [5, 5.41) is 2.90. The number of benzene rings is 2. The highest BCUT2D eigenvalue weighted by Gasteiger charge is 2.20. The van der Waals surface area contributed by atoms with Gasteiger partial charge in [-0.05, 0) is 41.8 Å². The van der Waals surface area contributed by atoms with Crippen LogP contribution in [0, 0.1) is 0 Å². The van der Waals surface area contributed by atoms with Gasteiger partial charge >= 0.3 is 0 Å². The van der Waals surface area contributed by atoms with Crippen molar-refractivity contribution in [1.29, 1.82) is 0 Å². The molecule has 2 aromatic carbocycles. The van der Waals surface area contributed by atoms with Crippen molar-refractivity contribution in [2.24, 2.45) is 0 Å². The highest BCUT2D eigenvalue weighted by Crippen LogP contribution is 2.27. The van der Waals surface area contributed by atoms with Crippen LogP contribution in [0.25, 0.3) is 0 Å². The minimum atomic E-state index is -0.145. The first-order valence-electron chi connectivity index (χ1n) is 8.96. The standard InChI is InChI=1S/C21H24N2O4/c1-26-18-10-7-16(12-19(18)27-2)13-22-21(25)17-8-5-15(6-9-17)14-23-11-3-4-20(23)24/h5-10,12H,3-4,11,13-14H2,1-2H3,(H,22,25). The number of methoxy groups -OCH3 is 2. The molecule has 142 valence electrons. The van der Waals surface area contributed by atoms with E-state index in [4.69, 9.17) is 9.47 Å². The summed E-state index contributed by atoms with van der Waals surface area (Å²) in [5.41, 5.74) is 2.54. The van der Waals surface area contributed by atoms with Crippen molar-refractivity contribution < 1.29 is 19.1 Å². The van der Waals surface area contributed by atoms with Crippen LogP contribution in [-0.4, -0.2) is 37.5 Å². The molecule has 0 unspecified atom stereocenters. The number of hydrogen-bond donors (Lipinski definition) is 1. The number of carbonyl (C=O) groups is 2. The summed E-state index contributed by atoms with van der Waals surface area (Å²) in [4.78, 5) is 25.9. The van der Waals surface area contributed by atoms with Crippen molar-refractivity contribution in [3.8, 4) is 11.5 Å². The normalized spacial score (nSPS) is 13.6. The smallest absolute Gasteiger partial charge is 0.251 e. The van der Waals surface area contributed by atoms with E-state index in [0.717, 1.165) is 24.1 Å². The molecular formula is C21H24N2O4. The lowest BCUT2D eigenvalue weighted by Crippen LogP contribution is -2.24. The zero-order valence-electron chi connectivity index (χ0n) is 15.7. The first-order chi connectivity index (χ1) is 13.1. The summed E-state index contributed by atoms with van der Waals surface area (Å²) in [6, 6.07) is 12.9. The largest absolute Gasteiger partial charge is 0.493 e. The molecule has 0 spiro atoms. The van der Waals surface area contributed by atoms with E-state index < -0.39 is 0 Å². The molecule has 1 aliphatic rings. The van der Waals surface area contributed by atoms with Gasteiger partial charge in [0.2, 0.25) is 5.91 Å². The number of carbonyl (C=O) groups excluding carboxylic acids is 2.